The van der Waals surface area contributed by atoms with Gasteiger partial charge in [-0.2, -0.15) is 0 Å². The lowest BCUT2D eigenvalue weighted by atomic mass is 10.3. The summed E-state index contributed by atoms with van der Waals surface area (Å²) in [5.41, 5.74) is 1.90. The zero-order valence-corrected chi connectivity index (χ0v) is 12.3. The van der Waals surface area contributed by atoms with Gasteiger partial charge in [0.1, 0.15) is 11.3 Å². The van der Waals surface area contributed by atoms with Gasteiger partial charge in [0.05, 0.1) is 18.3 Å². The summed E-state index contributed by atoms with van der Waals surface area (Å²) in [6, 6.07) is 1.93. The number of halogens is 1. The highest BCUT2D eigenvalue weighted by Crippen LogP contribution is 2.16. The summed E-state index contributed by atoms with van der Waals surface area (Å²) in [5.74, 6) is 1.30. The van der Waals surface area contributed by atoms with E-state index < -0.39 is 0 Å². The summed E-state index contributed by atoms with van der Waals surface area (Å²) in [4.78, 5) is 20.0. The maximum absolute atomic E-state index is 11.4. The number of rotatable bonds is 7. The standard InChI is InChI=1S/C14H18ClN3O2/c1-2-20-14(19)4-3-9-18-12-6-8-16-10-11(12)17-13(18)5-7-15/h6,8,10H,2-5,7,9H2,1H3. The fourth-order valence-corrected chi connectivity index (χ4v) is 2.34. The van der Waals surface area contributed by atoms with Crippen molar-refractivity contribution < 1.29 is 9.53 Å². The number of carbonyl (C=O) groups excluding carboxylic acids is 1. The van der Waals surface area contributed by atoms with Crippen molar-refractivity contribution >= 4 is 28.6 Å². The van der Waals surface area contributed by atoms with E-state index in [1.54, 1.807) is 12.4 Å². The number of alkyl halides is 1. The lowest BCUT2D eigenvalue weighted by molar-refractivity contribution is -0.143. The first-order valence-electron chi connectivity index (χ1n) is 6.77. The SMILES string of the molecule is CCOC(=O)CCCn1c(CCCl)nc2cnccc21. The van der Waals surface area contributed by atoms with Crippen LogP contribution in [-0.2, 0) is 22.5 Å². The number of carbonyl (C=O) groups is 1. The predicted molar refractivity (Wildman–Crippen MR) is 77.8 cm³/mol. The van der Waals surface area contributed by atoms with E-state index in [2.05, 4.69) is 14.5 Å². The van der Waals surface area contributed by atoms with Gasteiger partial charge in [-0.3, -0.25) is 9.78 Å². The topological polar surface area (TPSA) is 57.0 Å². The molecule has 2 aromatic rings. The van der Waals surface area contributed by atoms with E-state index in [-0.39, 0.29) is 5.97 Å². The zero-order chi connectivity index (χ0) is 14.4. The fourth-order valence-electron chi connectivity index (χ4n) is 2.17. The van der Waals surface area contributed by atoms with Gasteiger partial charge in [-0.05, 0) is 19.4 Å². The summed E-state index contributed by atoms with van der Waals surface area (Å²) in [6.45, 7) is 2.97. The van der Waals surface area contributed by atoms with Gasteiger partial charge in [0.2, 0.25) is 0 Å². The Morgan fingerprint density at radius 1 is 1.50 bits per heavy atom. The molecule has 108 valence electrons. The maximum atomic E-state index is 11.4. The number of nitrogens with zero attached hydrogens (tertiary/aromatic N) is 3. The molecule has 5 nitrogen and oxygen atoms in total. The van der Waals surface area contributed by atoms with Gasteiger partial charge in [-0.1, -0.05) is 0 Å². The molecule has 2 aromatic heterocycles. The van der Waals surface area contributed by atoms with Crippen molar-refractivity contribution in [2.45, 2.75) is 32.7 Å². The first-order valence-corrected chi connectivity index (χ1v) is 7.30. The van der Waals surface area contributed by atoms with Crippen molar-refractivity contribution in [2.75, 3.05) is 12.5 Å². The molecule has 2 rings (SSSR count). The molecule has 20 heavy (non-hydrogen) atoms. The van der Waals surface area contributed by atoms with Gasteiger partial charge in [0, 0.05) is 31.5 Å². The highest BCUT2D eigenvalue weighted by molar-refractivity contribution is 6.17. The number of aromatic nitrogens is 3. The van der Waals surface area contributed by atoms with Crippen molar-refractivity contribution in [3.8, 4) is 0 Å². The Balaban J connectivity index is 2.10. The molecule has 0 aliphatic heterocycles. The smallest absolute Gasteiger partial charge is 0.305 e. The van der Waals surface area contributed by atoms with Gasteiger partial charge in [-0.15, -0.1) is 11.6 Å². The van der Waals surface area contributed by atoms with Crippen LogP contribution in [0.25, 0.3) is 11.0 Å². The van der Waals surface area contributed by atoms with Crippen LogP contribution in [0.15, 0.2) is 18.5 Å². The minimum Gasteiger partial charge on any atom is -0.466 e. The molecule has 0 saturated carbocycles. The van der Waals surface area contributed by atoms with Gasteiger partial charge in [0.15, 0.2) is 0 Å². The number of fused-ring (bicyclic) bond motifs is 1. The summed E-state index contributed by atoms with van der Waals surface area (Å²) in [6.07, 6.45) is 5.34. The Hall–Kier alpha value is -1.62. The third-order valence-corrected chi connectivity index (χ3v) is 3.20. The van der Waals surface area contributed by atoms with Crippen LogP contribution in [0.4, 0.5) is 0 Å². The fraction of sp³-hybridized carbons (Fsp3) is 0.500. The molecule has 6 heteroatoms. The normalized spacial score (nSPS) is 10.9. The van der Waals surface area contributed by atoms with Crippen LogP contribution in [0, 0.1) is 0 Å². The van der Waals surface area contributed by atoms with Crippen molar-refractivity contribution in [3.05, 3.63) is 24.3 Å². The quantitative estimate of drug-likeness (QED) is 0.582. The second-order valence-corrected chi connectivity index (χ2v) is 4.77. The maximum Gasteiger partial charge on any atom is 0.305 e. The molecular formula is C14H18ClN3O2. The van der Waals surface area contributed by atoms with E-state index >= 15 is 0 Å². The Kier molecular flexibility index (Phi) is 5.35. The molecule has 0 saturated heterocycles. The Labute approximate surface area is 122 Å². The van der Waals surface area contributed by atoms with E-state index in [0.29, 0.717) is 25.3 Å². The molecule has 2 heterocycles. The van der Waals surface area contributed by atoms with E-state index in [4.69, 9.17) is 16.3 Å². The van der Waals surface area contributed by atoms with Crippen LogP contribution in [0.5, 0.6) is 0 Å². The average molecular weight is 296 g/mol. The molecule has 0 N–H and O–H groups in total. The number of hydrogen-bond acceptors (Lipinski definition) is 4. The van der Waals surface area contributed by atoms with Crippen molar-refractivity contribution in [3.63, 3.8) is 0 Å². The van der Waals surface area contributed by atoms with Gasteiger partial charge < -0.3 is 9.30 Å². The molecule has 0 radical (unpaired) electrons. The number of esters is 1. The summed E-state index contributed by atoms with van der Waals surface area (Å²) in [5, 5.41) is 0. The third-order valence-electron chi connectivity index (χ3n) is 3.02. The molecule has 0 unspecified atom stereocenters. The van der Waals surface area contributed by atoms with Gasteiger partial charge in [-0.25, -0.2) is 4.98 Å². The van der Waals surface area contributed by atoms with Gasteiger partial charge in [0.25, 0.3) is 0 Å². The van der Waals surface area contributed by atoms with E-state index in [1.807, 2.05) is 13.0 Å². The van der Waals surface area contributed by atoms with Crippen LogP contribution in [0.1, 0.15) is 25.6 Å². The molecule has 0 spiro atoms. The lowest BCUT2D eigenvalue weighted by Gasteiger charge is -2.08. The molecule has 0 amide bonds. The Morgan fingerprint density at radius 2 is 2.35 bits per heavy atom. The van der Waals surface area contributed by atoms with E-state index in [0.717, 1.165) is 29.8 Å². The number of imidazole rings is 1. The second kappa shape index (κ2) is 7.24. The molecule has 0 aliphatic rings. The zero-order valence-electron chi connectivity index (χ0n) is 11.5. The molecule has 0 atom stereocenters. The Morgan fingerprint density at radius 3 is 3.10 bits per heavy atom. The van der Waals surface area contributed by atoms with E-state index in [9.17, 15) is 4.79 Å². The number of pyridine rings is 1. The number of hydrogen-bond donors (Lipinski definition) is 0. The van der Waals surface area contributed by atoms with Crippen LogP contribution in [0.2, 0.25) is 0 Å². The lowest BCUT2D eigenvalue weighted by Crippen LogP contribution is -2.09. The average Bonchev–Trinajstić information content (AvgIpc) is 2.78. The van der Waals surface area contributed by atoms with Crippen molar-refractivity contribution in [2.24, 2.45) is 0 Å². The van der Waals surface area contributed by atoms with Gasteiger partial charge >= 0.3 is 5.97 Å². The van der Waals surface area contributed by atoms with Crippen molar-refractivity contribution in [1.29, 1.82) is 0 Å². The molecular weight excluding hydrogens is 278 g/mol. The molecule has 0 bridgehead atoms. The minimum atomic E-state index is -0.155. The molecule has 0 aromatic carbocycles. The highest BCUT2D eigenvalue weighted by atomic mass is 35.5. The first-order chi connectivity index (χ1) is 9.76. The number of ether oxygens (including phenoxy) is 1. The van der Waals surface area contributed by atoms with Crippen LogP contribution >= 0.6 is 11.6 Å². The summed E-state index contributed by atoms with van der Waals surface area (Å²) in [7, 11) is 0. The molecule has 0 aliphatic carbocycles. The monoisotopic (exact) mass is 295 g/mol. The second-order valence-electron chi connectivity index (χ2n) is 4.39. The third kappa shape index (κ3) is 3.48. The first kappa shape index (κ1) is 14.8. The largest absolute Gasteiger partial charge is 0.466 e. The van der Waals surface area contributed by atoms with Crippen molar-refractivity contribution in [1.82, 2.24) is 14.5 Å². The minimum absolute atomic E-state index is 0.155. The highest BCUT2D eigenvalue weighted by Gasteiger charge is 2.11. The number of aryl methyl sites for hydroxylation is 2. The van der Waals surface area contributed by atoms with Crippen LogP contribution < -0.4 is 0 Å². The van der Waals surface area contributed by atoms with Crippen LogP contribution in [-0.4, -0.2) is 33.0 Å². The predicted octanol–water partition coefficient (Wildman–Crippen LogP) is 2.56. The summed E-state index contributed by atoms with van der Waals surface area (Å²) >= 11 is 5.82. The molecule has 0 fully saturated rings. The summed E-state index contributed by atoms with van der Waals surface area (Å²) < 4.78 is 7.04. The van der Waals surface area contributed by atoms with E-state index in [1.165, 1.54) is 0 Å². The Bertz CT molecular complexity index is 583. The van der Waals surface area contributed by atoms with Crippen LogP contribution in [0.3, 0.4) is 0 Å².